The molecule has 6 nitrogen and oxygen atoms in total. The Labute approximate surface area is 194 Å². The number of H-pyrrole nitrogens is 1. The molecule has 8 heteroatoms. The van der Waals surface area contributed by atoms with E-state index in [1.807, 2.05) is 12.3 Å². The first-order chi connectivity index (χ1) is 15.1. The number of hydrogen-bond donors (Lipinski definition) is 3. The number of halogens is 2. The number of aromatic amines is 1. The molecule has 1 saturated heterocycles. The third kappa shape index (κ3) is 4.35. The lowest BCUT2D eigenvalue weighted by Gasteiger charge is -2.38. The van der Waals surface area contributed by atoms with Crippen LogP contribution in [-0.2, 0) is 0 Å². The summed E-state index contributed by atoms with van der Waals surface area (Å²) in [5.74, 6) is 0.504. The Morgan fingerprint density at radius 1 is 1.23 bits per heavy atom. The number of pyridine rings is 1. The van der Waals surface area contributed by atoms with E-state index in [2.05, 4.69) is 42.5 Å². The lowest BCUT2D eigenvalue weighted by molar-refractivity contribution is 0.161. The molecule has 0 aliphatic carbocycles. The molecular formula is C23H23BrClN5O. The van der Waals surface area contributed by atoms with Crippen molar-refractivity contribution in [2.24, 2.45) is 0 Å². The van der Waals surface area contributed by atoms with Crippen molar-refractivity contribution in [3.05, 3.63) is 57.7 Å². The second-order valence-electron chi connectivity index (χ2n) is 8.08. The average Bonchev–Trinajstić information content (AvgIpc) is 3.19. The van der Waals surface area contributed by atoms with E-state index in [1.54, 1.807) is 24.3 Å². The fourth-order valence-electron chi connectivity index (χ4n) is 4.48. The molecule has 160 valence electrons. The molecule has 2 aliphatic rings. The van der Waals surface area contributed by atoms with Crippen molar-refractivity contribution in [2.45, 2.75) is 31.7 Å². The molecular weight excluding hydrogens is 478 g/mol. The number of urea groups is 1. The van der Waals surface area contributed by atoms with Crippen LogP contribution in [0.25, 0.3) is 16.6 Å². The highest BCUT2D eigenvalue weighted by Gasteiger charge is 2.27. The Balaban J connectivity index is 1.34. The molecule has 0 radical (unpaired) electrons. The second kappa shape index (κ2) is 8.65. The highest BCUT2D eigenvalue weighted by Crippen LogP contribution is 2.34. The number of anilines is 2. The maximum atomic E-state index is 12.5. The molecule has 3 N–H and O–H groups in total. The lowest BCUT2D eigenvalue weighted by Crippen LogP contribution is -2.41. The highest BCUT2D eigenvalue weighted by molar-refractivity contribution is 9.10. The van der Waals surface area contributed by atoms with E-state index in [0.29, 0.717) is 22.6 Å². The Kier molecular flexibility index (Phi) is 5.73. The average molecular weight is 501 g/mol. The van der Waals surface area contributed by atoms with Gasteiger partial charge in [-0.2, -0.15) is 0 Å². The van der Waals surface area contributed by atoms with Crippen LogP contribution in [0.5, 0.6) is 0 Å². The molecule has 0 bridgehead atoms. The lowest BCUT2D eigenvalue weighted by atomic mass is 9.89. The van der Waals surface area contributed by atoms with Crippen molar-refractivity contribution in [1.29, 1.82) is 0 Å². The third-order valence-electron chi connectivity index (χ3n) is 6.06. The zero-order valence-electron chi connectivity index (χ0n) is 16.9. The minimum absolute atomic E-state index is 0.364. The standard InChI is InChI=1S/C23H23BrClN5O/c24-18-5-4-15(12-19(18)25)27-23(31)29-21-7-6-20-22(28-21)17(13-26-20)14-8-10-30-9-2-1-3-16(30)11-14/h4-8,12-13,16,26H,1-3,9-11H2,(H2,27,28,29,31). The number of carbonyl (C=O) groups excluding carboxylic acids is 1. The van der Waals surface area contributed by atoms with Crippen LogP contribution in [-0.4, -0.2) is 40.0 Å². The number of fused-ring (bicyclic) bond motifs is 2. The van der Waals surface area contributed by atoms with Crippen LogP contribution in [0, 0.1) is 0 Å². The topological polar surface area (TPSA) is 73.1 Å². The molecule has 2 aromatic heterocycles. The van der Waals surface area contributed by atoms with Gasteiger partial charge < -0.3 is 10.3 Å². The van der Waals surface area contributed by atoms with Crippen molar-refractivity contribution >= 4 is 61.7 Å². The molecule has 1 unspecified atom stereocenters. The molecule has 5 rings (SSSR count). The first-order valence-corrected chi connectivity index (χ1v) is 11.7. The van der Waals surface area contributed by atoms with Crippen molar-refractivity contribution < 1.29 is 4.79 Å². The summed E-state index contributed by atoms with van der Waals surface area (Å²) in [6, 6.07) is 9.28. The van der Waals surface area contributed by atoms with Crippen LogP contribution >= 0.6 is 27.5 Å². The van der Waals surface area contributed by atoms with Gasteiger partial charge in [0.1, 0.15) is 5.82 Å². The van der Waals surface area contributed by atoms with Gasteiger partial charge in [0.15, 0.2) is 0 Å². The summed E-state index contributed by atoms with van der Waals surface area (Å²) in [5, 5.41) is 6.15. The highest BCUT2D eigenvalue weighted by atomic mass is 79.9. The molecule has 1 fully saturated rings. The number of benzene rings is 1. The smallest absolute Gasteiger partial charge is 0.324 e. The maximum Gasteiger partial charge on any atom is 0.324 e. The normalized spacial score (nSPS) is 19.0. The van der Waals surface area contributed by atoms with Crippen molar-refractivity contribution in [3.63, 3.8) is 0 Å². The summed E-state index contributed by atoms with van der Waals surface area (Å²) in [7, 11) is 0. The van der Waals surface area contributed by atoms with Gasteiger partial charge in [0.05, 0.1) is 16.1 Å². The van der Waals surface area contributed by atoms with Crippen LogP contribution in [0.15, 0.2) is 47.1 Å². The van der Waals surface area contributed by atoms with E-state index < -0.39 is 0 Å². The minimum Gasteiger partial charge on any atom is -0.359 e. The summed E-state index contributed by atoms with van der Waals surface area (Å²) in [6.45, 7) is 2.20. The second-order valence-corrected chi connectivity index (χ2v) is 9.34. The molecule has 0 spiro atoms. The number of aromatic nitrogens is 2. The Hall–Kier alpha value is -2.35. The van der Waals surface area contributed by atoms with E-state index in [0.717, 1.165) is 34.0 Å². The van der Waals surface area contributed by atoms with Gasteiger partial charge in [-0.05, 0) is 77.6 Å². The number of carbonyl (C=O) groups is 1. The molecule has 4 heterocycles. The van der Waals surface area contributed by atoms with Gasteiger partial charge in [0.25, 0.3) is 0 Å². The first kappa shape index (κ1) is 20.5. The number of nitrogens with zero attached hydrogens (tertiary/aromatic N) is 2. The molecule has 2 aliphatic heterocycles. The maximum absolute atomic E-state index is 12.5. The predicted molar refractivity (Wildman–Crippen MR) is 130 cm³/mol. The van der Waals surface area contributed by atoms with Gasteiger partial charge in [-0.15, -0.1) is 0 Å². The van der Waals surface area contributed by atoms with Gasteiger partial charge >= 0.3 is 6.03 Å². The first-order valence-electron chi connectivity index (χ1n) is 10.5. The zero-order valence-corrected chi connectivity index (χ0v) is 19.3. The molecule has 31 heavy (non-hydrogen) atoms. The number of piperidine rings is 1. The van der Waals surface area contributed by atoms with Gasteiger partial charge in [0, 0.05) is 34.5 Å². The number of rotatable bonds is 3. The van der Waals surface area contributed by atoms with Crippen LogP contribution in [0.4, 0.5) is 16.3 Å². The van der Waals surface area contributed by atoms with Gasteiger partial charge in [-0.3, -0.25) is 10.2 Å². The quantitative estimate of drug-likeness (QED) is 0.397. The van der Waals surface area contributed by atoms with Gasteiger partial charge in [-0.1, -0.05) is 24.1 Å². The van der Waals surface area contributed by atoms with Crippen LogP contribution in [0.2, 0.25) is 5.02 Å². The Morgan fingerprint density at radius 3 is 3.00 bits per heavy atom. The molecule has 1 aromatic carbocycles. The van der Waals surface area contributed by atoms with Gasteiger partial charge in [-0.25, -0.2) is 9.78 Å². The molecule has 3 aromatic rings. The van der Waals surface area contributed by atoms with Crippen LogP contribution in [0.1, 0.15) is 31.2 Å². The monoisotopic (exact) mass is 499 g/mol. The van der Waals surface area contributed by atoms with Gasteiger partial charge in [0.2, 0.25) is 0 Å². The van der Waals surface area contributed by atoms with Crippen LogP contribution in [0.3, 0.4) is 0 Å². The van der Waals surface area contributed by atoms with Crippen LogP contribution < -0.4 is 10.6 Å². The summed E-state index contributed by atoms with van der Waals surface area (Å²) in [5.41, 5.74) is 4.93. The largest absolute Gasteiger partial charge is 0.359 e. The third-order valence-corrected chi connectivity index (χ3v) is 7.30. The minimum atomic E-state index is -0.364. The number of hydrogen-bond acceptors (Lipinski definition) is 3. The molecule has 2 amide bonds. The van der Waals surface area contributed by atoms with Crippen molar-refractivity contribution in [2.75, 3.05) is 23.7 Å². The SMILES string of the molecule is O=C(Nc1ccc(Br)c(Cl)c1)Nc1ccc2[nH]cc(C3=CCN4CCCCC4C3)c2n1. The molecule has 1 atom stereocenters. The summed E-state index contributed by atoms with van der Waals surface area (Å²) >= 11 is 9.45. The van der Waals surface area contributed by atoms with E-state index in [9.17, 15) is 4.79 Å². The fourth-order valence-corrected chi connectivity index (χ4v) is 4.91. The Morgan fingerprint density at radius 2 is 2.13 bits per heavy atom. The number of nitrogens with one attached hydrogen (secondary N) is 3. The van der Waals surface area contributed by atoms with Crippen molar-refractivity contribution in [1.82, 2.24) is 14.9 Å². The zero-order chi connectivity index (χ0) is 21.4. The van der Waals surface area contributed by atoms with E-state index in [-0.39, 0.29) is 6.03 Å². The molecule has 0 saturated carbocycles. The van der Waals surface area contributed by atoms with Crippen molar-refractivity contribution in [3.8, 4) is 0 Å². The summed E-state index contributed by atoms with van der Waals surface area (Å²) in [6.07, 6.45) is 9.30. The van der Waals surface area contributed by atoms with E-state index in [4.69, 9.17) is 16.6 Å². The summed E-state index contributed by atoms with van der Waals surface area (Å²) in [4.78, 5) is 23.1. The fraction of sp³-hybridized carbons (Fsp3) is 0.304. The summed E-state index contributed by atoms with van der Waals surface area (Å²) < 4.78 is 0.778. The number of amides is 2. The predicted octanol–water partition coefficient (Wildman–Crippen LogP) is 6.26. The van der Waals surface area contributed by atoms with E-state index in [1.165, 1.54) is 31.4 Å². The van der Waals surface area contributed by atoms with E-state index >= 15 is 0 Å². The Bertz CT molecular complexity index is 1170.